The molecule has 2 aromatic rings. The largest absolute Gasteiger partial charge is 0.488 e. The van der Waals surface area contributed by atoms with E-state index in [9.17, 15) is 9.50 Å². The summed E-state index contributed by atoms with van der Waals surface area (Å²) in [6.45, 7) is 1.14. The van der Waals surface area contributed by atoms with Crippen molar-refractivity contribution >= 4 is 35.6 Å². The molecule has 0 saturated carbocycles. The Morgan fingerprint density at radius 3 is 2.58 bits per heavy atom. The molecular formula is C18H19Cl3FNO3. The smallest absolute Gasteiger partial charge is 0.132 e. The van der Waals surface area contributed by atoms with Crippen LogP contribution in [0.15, 0.2) is 36.4 Å². The molecule has 1 heterocycles. The van der Waals surface area contributed by atoms with Crippen LogP contribution in [-0.4, -0.2) is 24.4 Å². The molecule has 1 aliphatic rings. The minimum atomic E-state index is -1.24. The van der Waals surface area contributed by atoms with E-state index < -0.39 is 18.0 Å². The average Bonchev–Trinajstić information content (AvgIpc) is 3.09. The molecule has 3 rings (SSSR count). The summed E-state index contributed by atoms with van der Waals surface area (Å²) in [6.07, 6.45) is -0.538. The highest BCUT2D eigenvalue weighted by molar-refractivity contribution is 6.42. The van der Waals surface area contributed by atoms with Gasteiger partial charge in [-0.05, 0) is 29.8 Å². The highest BCUT2D eigenvalue weighted by Gasteiger charge is 2.24. The topological polar surface area (TPSA) is 64.7 Å². The highest BCUT2D eigenvalue weighted by atomic mass is 35.5. The summed E-state index contributed by atoms with van der Waals surface area (Å²) in [6, 6.07) is 8.29. The number of benzene rings is 2. The van der Waals surface area contributed by atoms with Crippen LogP contribution in [0.4, 0.5) is 4.39 Å². The second kappa shape index (κ2) is 9.22. The summed E-state index contributed by atoms with van der Waals surface area (Å²) in [5.41, 5.74) is 6.71. The zero-order valence-electron chi connectivity index (χ0n) is 13.7. The number of halogens is 4. The molecule has 0 bridgehead atoms. The van der Waals surface area contributed by atoms with E-state index in [1.807, 2.05) is 0 Å². The van der Waals surface area contributed by atoms with Crippen molar-refractivity contribution in [2.45, 2.75) is 24.7 Å². The molecular weight excluding hydrogens is 404 g/mol. The molecule has 0 aliphatic carbocycles. The predicted molar refractivity (Wildman–Crippen MR) is 102 cm³/mol. The standard InChI is InChI=1S/C18H18Cl2FNO3.ClH/c19-14-4-1-10(7-15(14)20)17(22)18(23)13-3-2-11(8-16(13)21)25-12-5-6-24-9-12;/h1-4,7-8,12,17-18,23H,5-6,9,22H2;1H. The lowest BCUT2D eigenvalue weighted by molar-refractivity contribution is 0.138. The fraction of sp³-hybridized carbons (Fsp3) is 0.333. The Morgan fingerprint density at radius 2 is 1.96 bits per heavy atom. The molecule has 0 aromatic heterocycles. The maximum absolute atomic E-state index is 14.4. The van der Waals surface area contributed by atoms with Crippen LogP contribution >= 0.6 is 35.6 Å². The number of aliphatic hydroxyl groups is 1. The SMILES string of the molecule is Cl.NC(c1ccc(Cl)c(Cl)c1)C(O)c1ccc(OC2CCOC2)cc1F. The zero-order valence-corrected chi connectivity index (χ0v) is 16.0. The summed E-state index contributed by atoms with van der Waals surface area (Å²) in [5.74, 6) is -0.188. The Morgan fingerprint density at radius 1 is 1.19 bits per heavy atom. The van der Waals surface area contributed by atoms with Gasteiger partial charge in [-0.15, -0.1) is 12.4 Å². The summed E-state index contributed by atoms with van der Waals surface area (Å²) in [5, 5.41) is 11.2. The van der Waals surface area contributed by atoms with E-state index in [1.165, 1.54) is 12.1 Å². The van der Waals surface area contributed by atoms with Gasteiger partial charge in [-0.2, -0.15) is 0 Å². The maximum Gasteiger partial charge on any atom is 0.132 e. The van der Waals surface area contributed by atoms with E-state index in [0.29, 0.717) is 34.6 Å². The molecule has 1 aliphatic heterocycles. The van der Waals surface area contributed by atoms with Crippen LogP contribution in [0.2, 0.25) is 10.0 Å². The maximum atomic E-state index is 14.4. The molecule has 0 radical (unpaired) electrons. The second-order valence-corrected chi connectivity index (χ2v) is 6.75. The number of aliphatic hydroxyl groups excluding tert-OH is 1. The van der Waals surface area contributed by atoms with Gasteiger partial charge in [0.25, 0.3) is 0 Å². The number of rotatable bonds is 5. The van der Waals surface area contributed by atoms with Crippen LogP contribution in [0.3, 0.4) is 0 Å². The molecule has 8 heteroatoms. The van der Waals surface area contributed by atoms with Crippen molar-refractivity contribution in [3.8, 4) is 5.75 Å². The van der Waals surface area contributed by atoms with E-state index in [-0.39, 0.29) is 24.1 Å². The van der Waals surface area contributed by atoms with Crippen LogP contribution in [-0.2, 0) is 4.74 Å². The Bertz CT molecular complexity index is 756. The van der Waals surface area contributed by atoms with Gasteiger partial charge in [0.15, 0.2) is 0 Å². The van der Waals surface area contributed by atoms with Gasteiger partial charge < -0.3 is 20.3 Å². The molecule has 4 nitrogen and oxygen atoms in total. The summed E-state index contributed by atoms with van der Waals surface area (Å²) >= 11 is 11.8. The summed E-state index contributed by atoms with van der Waals surface area (Å²) in [7, 11) is 0. The Balaban J connectivity index is 0.00000243. The quantitative estimate of drug-likeness (QED) is 0.747. The molecule has 1 saturated heterocycles. The number of nitrogens with two attached hydrogens (primary N) is 1. The Hall–Kier alpha value is -1.08. The molecule has 1 fully saturated rings. The van der Waals surface area contributed by atoms with Crippen molar-refractivity contribution in [3.05, 3.63) is 63.4 Å². The monoisotopic (exact) mass is 421 g/mol. The predicted octanol–water partition coefficient (Wildman–Crippen LogP) is 4.46. The Kier molecular flexibility index (Phi) is 7.52. The first-order chi connectivity index (χ1) is 12.0. The normalized spacial score (nSPS) is 18.9. The van der Waals surface area contributed by atoms with Crippen molar-refractivity contribution in [1.29, 1.82) is 0 Å². The van der Waals surface area contributed by atoms with Crippen LogP contribution in [0.1, 0.15) is 29.7 Å². The molecule has 3 atom stereocenters. The van der Waals surface area contributed by atoms with Crippen LogP contribution in [0.5, 0.6) is 5.75 Å². The van der Waals surface area contributed by atoms with E-state index in [4.69, 9.17) is 38.4 Å². The van der Waals surface area contributed by atoms with Crippen molar-refractivity contribution in [2.24, 2.45) is 5.73 Å². The van der Waals surface area contributed by atoms with Gasteiger partial charge in [-0.25, -0.2) is 4.39 Å². The Labute approximate surface area is 167 Å². The van der Waals surface area contributed by atoms with Crippen molar-refractivity contribution in [1.82, 2.24) is 0 Å². The van der Waals surface area contributed by atoms with Crippen LogP contribution in [0, 0.1) is 5.82 Å². The van der Waals surface area contributed by atoms with Crippen molar-refractivity contribution in [2.75, 3.05) is 13.2 Å². The van der Waals surface area contributed by atoms with Crippen LogP contribution in [0.25, 0.3) is 0 Å². The van der Waals surface area contributed by atoms with E-state index in [2.05, 4.69) is 0 Å². The van der Waals surface area contributed by atoms with Gasteiger partial charge in [0, 0.05) is 18.1 Å². The van der Waals surface area contributed by atoms with E-state index >= 15 is 0 Å². The lowest BCUT2D eigenvalue weighted by atomic mass is 9.96. The lowest BCUT2D eigenvalue weighted by Crippen LogP contribution is -2.21. The molecule has 3 N–H and O–H groups in total. The molecule has 142 valence electrons. The third kappa shape index (κ3) is 4.80. The average molecular weight is 423 g/mol. The highest BCUT2D eigenvalue weighted by Crippen LogP contribution is 2.33. The van der Waals surface area contributed by atoms with Gasteiger partial charge in [0.1, 0.15) is 23.8 Å². The van der Waals surface area contributed by atoms with E-state index in [1.54, 1.807) is 24.3 Å². The first-order valence-electron chi connectivity index (χ1n) is 7.88. The first-order valence-corrected chi connectivity index (χ1v) is 8.63. The molecule has 0 spiro atoms. The van der Waals surface area contributed by atoms with Gasteiger partial charge in [0.2, 0.25) is 0 Å². The zero-order chi connectivity index (χ0) is 18.0. The second-order valence-electron chi connectivity index (χ2n) is 5.93. The fourth-order valence-corrected chi connectivity index (χ4v) is 3.02. The molecule has 0 amide bonds. The van der Waals surface area contributed by atoms with E-state index in [0.717, 1.165) is 6.42 Å². The van der Waals surface area contributed by atoms with Gasteiger partial charge in [-0.3, -0.25) is 0 Å². The minimum absolute atomic E-state index is 0. The van der Waals surface area contributed by atoms with Crippen LogP contribution < -0.4 is 10.5 Å². The summed E-state index contributed by atoms with van der Waals surface area (Å²) in [4.78, 5) is 0. The van der Waals surface area contributed by atoms with Crippen molar-refractivity contribution < 1.29 is 19.0 Å². The number of hydrogen-bond acceptors (Lipinski definition) is 4. The minimum Gasteiger partial charge on any atom is -0.488 e. The van der Waals surface area contributed by atoms with Gasteiger partial charge in [0.05, 0.1) is 29.3 Å². The molecule has 26 heavy (non-hydrogen) atoms. The third-order valence-corrected chi connectivity index (χ3v) is 4.89. The number of hydrogen-bond donors (Lipinski definition) is 2. The third-order valence-electron chi connectivity index (χ3n) is 4.15. The van der Waals surface area contributed by atoms with Crippen molar-refractivity contribution in [3.63, 3.8) is 0 Å². The number of ether oxygens (including phenoxy) is 2. The molecule has 3 unspecified atom stereocenters. The first kappa shape index (κ1) is 21.2. The molecule has 2 aromatic carbocycles. The van der Waals surface area contributed by atoms with Gasteiger partial charge >= 0.3 is 0 Å². The summed E-state index contributed by atoms with van der Waals surface area (Å²) < 4.78 is 25.3. The lowest BCUT2D eigenvalue weighted by Gasteiger charge is -2.21. The fourth-order valence-electron chi connectivity index (χ4n) is 2.71. The van der Waals surface area contributed by atoms with Gasteiger partial charge in [-0.1, -0.05) is 29.3 Å².